The van der Waals surface area contributed by atoms with Crippen LogP contribution in [-0.4, -0.2) is 58.6 Å². The molecule has 170 valence electrons. The van der Waals surface area contributed by atoms with Crippen molar-refractivity contribution in [2.75, 3.05) is 43.1 Å². The first-order valence-electron chi connectivity index (χ1n) is 11.2. The highest BCUT2D eigenvalue weighted by Crippen LogP contribution is 2.31. The summed E-state index contributed by atoms with van der Waals surface area (Å²) >= 11 is 0. The van der Waals surface area contributed by atoms with Crippen molar-refractivity contribution in [1.29, 1.82) is 0 Å². The Morgan fingerprint density at radius 2 is 1.91 bits per heavy atom. The van der Waals surface area contributed by atoms with Gasteiger partial charge in [-0.3, -0.25) is 4.79 Å². The lowest BCUT2D eigenvalue weighted by Crippen LogP contribution is -2.37. The van der Waals surface area contributed by atoms with E-state index in [9.17, 15) is 4.79 Å². The highest BCUT2D eigenvalue weighted by Gasteiger charge is 2.33. The fraction of sp³-hybridized carbons (Fsp3) is 0.333. The Hall–Kier alpha value is -3.72. The number of nitrogens with one attached hydrogen (secondary N) is 1. The zero-order valence-corrected chi connectivity index (χ0v) is 18.5. The molecule has 1 N–H and O–H groups in total. The number of nitrogens with zero attached hydrogens (tertiary/aromatic N) is 5. The Morgan fingerprint density at radius 3 is 2.64 bits per heavy atom. The molecular formula is C24H26N6O3. The molecule has 3 aromatic rings. The number of benzene rings is 1. The van der Waals surface area contributed by atoms with Crippen molar-refractivity contribution in [2.45, 2.75) is 19.9 Å². The van der Waals surface area contributed by atoms with Crippen molar-refractivity contribution < 1.29 is 14.3 Å². The van der Waals surface area contributed by atoms with E-state index in [-0.39, 0.29) is 5.91 Å². The smallest absolute Gasteiger partial charge is 0.273 e. The number of carbonyl (C=O) groups is 1. The molecule has 33 heavy (non-hydrogen) atoms. The molecule has 5 rings (SSSR count). The molecule has 0 aliphatic carbocycles. The summed E-state index contributed by atoms with van der Waals surface area (Å²) in [6.45, 7) is 5.87. The first-order valence-corrected chi connectivity index (χ1v) is 11.2. The summed E-state index contributed by atoms with van der Waals surface area (Å²) in [5.41, 5.74) is 2.04. The number of pyridine rings is 1. The van der Waals surface area contributed by atoms with Gasteiger partial charge in [-0.25, -0.2) is 9.97 Å². The van der Waals surface area contributed by atoms with Crippen LogP contribution in [0.5, 0.6) is 11.6 Å². The normalized spacial score (nSPS) is 15.5. The van der Waals surface area contributed by atoms with Crippen LogP contribution in [0.25, 0.3) is 0 Å². The molecule has 2 aliphatic rings. The standard InChI is InChI=1S/C24H26N6O3/c1-2-10-30-16-19-21(23(30)31)27-24(29-11-13-32-14-12-29)28-22(19)26-17-8-9-20(25-15-17)33-18-6-4-3-5-7-18/h3-9,15H,2,10-14,16H2,1H3,(H,26,27,28). The van der Waals surface area contributed by atoms with E-state index in [0.29, 0.717) is 62.7 Å². The number of amides is 1. The summed E-state index contributed by atoms with van der Waals surface area (Å²) < 4.78 is 11.2. The van der Waals surface area contributed by atoms with Crippen molar-refractivity contribution in [3.63, 3.8) is 0 Å². The fourth-order valence-corrected chi connectivity index (χ4v) is 3.93. The Bertz CT molecular complexity index is 1120. The highest BCUT2D eigenvalue weighted by molar-refractivity contribution is 5.98. The fourth-order valence-electron chi connectivity index (χ4n) is 3.93. The molecule has 2 aromatic heterocycles. The molecule has 9 heteroatoms. The number of ether oxygens (including phenoxy) is 2. The number of rotatable bonds is 7. The third-order valence-corrected chi connectivity index (χ3v) is 5.59. The SMILES string of the molecule is CCCN1Cc2c(Nc3ccc(Oc4ccccc4)nc3)nc(N3CCOCC3)nc2C1=O. The minimum atomic E-state index is -0.0449. The van der Waals surface area contributed by atoms with Gasteiger partial charge in [0.2, 0.25) is 11.8 Å². The second kappa shape index (κ2) is 9.41. The number of hydrogen-bond acceptors (Lipinski definition) is 8. The predicted octanol–water partition coefficient (Wildman–Crippen LogP) is 3.61. The van der Waals surface area contributed by atoms with Crippen LogP contribution >= 0.6 is 0 Å². The zero-order chi connectivity index (χ0) is 22.6. The molecule has 0 radical (unpaired) electrons. The van der Waals surface area contributed by atoms with Gasteiger partial charge in [-0.05, 0) is 24.6 Å². The summed E-state index contributed by atoms with van der Waals surface area (Å²) in [6.07, 6.45) is 2.58. The quantitative estimate of drug-likeness (QED) is 0.588. The Kier molecular flexibility index (Phi) is 6.03. The number of para-hydroxylation sites is 1. The number of carbonyl (C=O) groups excluding carboxylic acids is 1. The second-order valence-corrected chi connectivity index (χ2v) is 7.95. The topological polar surface area (TPSA) is 92.7 Å². The molecule has 1 saturated heterocycles. The highest BCUT2D eigenvalue weighted by atomic mass is 16.5. The maximum Gasteiger partial charge on any atom is 0.273 e. The lowest BCUT2D eigenvalue weighted by molar-refractivity contribution is 0.0774. The van der Waals surface area contributed by atoms with Gasteiger partial charge in [0.1, 0.15) is 17.3 Å². The van der Waals surface area contributed by atoms with Gasteiger partial charge in [0.05, 0.1) is 31.6 Å². The van der Waals surface area contributed by atoms with Crippen LogP contribution < -0.4 is 15.0 Å². The van der Waals surface area contributed by atoms with E-state index in [0.717, 1.165) is 23.4 Å². The van der Waals surface area contributed by atoms with Crippen LogP contribution in [0, 0.1) is 0 Å². The number of morpholine rings is 1. The summed E-state index contributed by atoms with van der Waals surface area (Å²) in [5.74, 6) is 2.36. The number of hydrogen-bond donors (Lipinski definition) is 1. The summed E-state index contributed by atoms with van der Waals surface area (Å²) in [5, 5.41) is 3.35. The van der Waals surface area contributed by atoms with Gasteiger partial charge in [0.15, 0.2) is 0 Å². The zero-order valence-electron chi connectivity index (χ0n) is 18.5. The van der Waals surface area contributed by atoms with Gasteiger partial charge in [-0.1, -0.05) is 25.1 Å². The number of fused-ring (bicyclic) bond motifs is 1. The van der Waals surface area contributed by atoms with Gasteiger partial charge < -0.3 is 24.6 Å². The van der Waals surface area contributed by atoms with Crippen LogP contribution in [0.2, 0.25) is 0 Å². The largest absolute Gasteiger partial charge is 0.439 e. The molecule has 1 amide bonds. The van der Waals surface area contributed by atoms with Gasteiger partial charge in [-0.2, -0.15) is 4.98 Å². The van der Waals surface area contributed by atoms with Crippen LogP contribution in [-0.2, 0) is 11.3 Å². The maximum absolute atomic E-state index is 13.0. The van der Waals surface area contributed by atoms with E-state index in [1.54, 1.807) is 12.3 Å². The first kappa shape index (κ1) is 21.1. The lowest BCUT2D eigenvalue weighted by atomic mass is 10.2. The summed E-state index contributed by atoms with van der Waals surface area (Å²) in [7, 11) is 0. The molecule has 1 fully saturated rings. The first-order chi connectivity index (χ1) is 16.2. The predicted molar refractivity (Wildman–Crippen MR) is 124 cm³/mol. The van der Waals surface area contributed by atoms with Crippen LogP contribution in [0.15, 0.2) is 48.7 Å². The molecule has 2 aliphatic heterocycles. The third kappa shape index (κ3) is 4.58. The number of aromatic nitrogens is 3. The van der Waals surface area contributed by atoms with Crippen molar-refractivity contribution in [2.24, 2.45) is 0 Å². The van der Waals surface area contributed by atoms with Crippen LogP contribution in [0.4, 0.5) is 17.5 Å². The van der Waals surface area contributed by atoms with Crippen LogP contribution in [0.1, 0.15) is 29.4 Å². The monoisotopic (exact) mass is 446 g/mol. The van der Waals surface area contributed by atoms with Gasteiger partial charge in [0.25, 0.3) is 5.91 Å². The van der Waals surface area contributed by atoms with Crippen LogP contribution in [0.3, 0.4) is 0 Å². The van der Waals surface area contributed by atoms with E-state index in [1.165, 1.54) is 0 Å². The molecule has 9 nitrogen and oxygen atoms in total. The Balaban J connectivity index is 1.41. The molecule has 4 heterocycles. The Labute approximate surface area is 192 Å². The molecule has 0 atom stereocenters. The van der Waals surface area contributed by atoms with Gasteiger partial charge in [-0.15, -0.1) is 0 Å². The molecule has 0 saturated carbocycles. The third-order valence-electron chi connectivity index (χ3n) is 5.59. The maximum atomic E-state index is 13.0. The van der Waals surface area contributed by atoms with Gasteiger partial charge >= 0.3 is 0 Å². The number of anilines is 3. The summed E-state index contributed by atoms with van der Waals surface area (Å²) in [4.78, 5) is 30.7. The van der Waals surface area contributed by atoms with E-state index in [2.05, 4.69) is 27.1 Å². The molecule has 0 spiro atoms. The van der Waals surface area contributed by atoms with E-state index < -0.39 is 0 Å². The van der Waals surface area contributed by atoms with E-state index in [1.807, 2.05) is 41.3 Å². The second-order valence-electron chi connectivity index (χ2n) is 7.95. The van der Waals surface area contributed by atoms with Crippen molar-refractivity contribution in [3.05, 3.63) is 59.9 Å². The molecule has 1 aromatic carbocycles. The van der Waals surface area contributed by atoms with Crippen molar-refractivity contribution >= 4 is 23.4 Å². The Morgan fingerprint density at radius 1 is 1.09 bits per heavy atom. The molecule has 0 unspecified atom stereocenters. The average molecular weight is 447 g/mol. The van der Waals surface area contributed by atoms with Gasteiger partial charge in [0, 0.05) is 31.3 Å². The average Bonchev–Trinajstić information content (AvgIpc) is 3.17. The molecular weight excluding hydrogens is 420 g/mol. The minimum Gasteiger partial charge on any atom is -0.439 e. The van der Waals surface area contributed by atoms with E-state index >= 15 is 0 Å². The van der Waals surface area contributed by atoms with Crippen molar-refractivity contribution in [1.82, 2.24) is 19.9 Å². The van der Waals surface area contributed by atoms with E-state index in [4.69, 9.17) is 14.5 Å². The molecule has 0 bridgehead atoms. The lowest BCUT2D eigenvalue weighted by Gasteiger charge is -2.27. The van der Waals surface area contributed by atoms with Crippen molar-refractivity contribution in [3.8, 4) is 11.6 Å². The minimum absolute atomic E-state index is 0.0449. The summed E-state index contributed by atoms with van der Waals surface area (Å²) in [6, 6.07) is 13.2.